The molecule has 0 bridgehead atoms. The molecule has 2 aliphatic carbocycles. The third kappa shape index (κ3) is 1.94. The summed E-state index contributed by atoms with van der Waals surface area (Å²) < 4.78 is 0. The summed E-state index contributed by atoms with van der Waals surface area (Å²) in [6.07, 6.45) is 2.65. The van der Waals surface area contributed by atoms with Gasteiger partial charge < -0.3 is 5.32 Å². The first-order chi connectivity index (χ1) is 9.90. The van der Waals surface area contributed by atoms with Crippen LogP contribution in [0.15, 0.2) is 41.8 Å². The van der Waals surface area contributed by atoms with Gasteiger partial charge in [-0.25, -0.2) is 0 Å². The van der Waals surface area contributed by atoms with E-state index in [0.29, 0.717) is 6.04 Å². The molecule has 0 amide bonds. The number of rotatable bonds is 4. The van der Waals surface area contributed by atoms with Gasteiger partial charge in [0.05, 0.1) is 0 Å². The van der Waals surface area contributed by atoms with Crippen LogP contribution in [-0.4, -0.2) is 6.54 Å². The molecule has 20 heavy (non-hydrogen) atoms. The van der Waals surface area contributed by atoms with Gasteiger partial charge in [0.15, 0.2) is 0 Å². The van der Waals surface area contributed by atoms with Crippen LogP contribution in [0.25, 0.3) is 0 Å². The first kappa shape index (κ1) is 12.6. The third-order valence-electron chi connectivity index (χ3n) is 5.05. The molecule has 4 rings (SSSR count). The van der Waals surface area contributed by atoms with Crippen molar-refractivity contribution in [2.24, 2.45) is 11.8 Å². The van der Waals surface area contributed by atoms with E-state index in [0.717, 1.165) is 24.3 Å². The molecular weight excluding hydrogens is 262 g/mol. The summed E-state index contributed by atoms with van der Waals surface area (Å²) in [6, 6.07) is 14.1. The van der Waals surface area contributed by atoms with Crippen molar-refractivity contribution in [2.45, 2.75) is 31.7 Å². The smallest absolute Gasteiger partial charge is 0.0452 e. The molecule has 2 heteroatoms. The van der Waals surface area contributed by atoms with Gasteiger partial charge in [-0.1, -0.05) is 37.3 Å². The Morgan fingerprint density at radius 3 is 2.95 bits per heavy atom. The minimum atomic E-state index is 0.557. The molecule has 0 saturated heterocycles. The Labute approximate surface area is 125 Å². The summed E-state index contributed by atoms with van der Waals surface area (Å²) in [4.78, 5) is 1.52. The van der Waals surface area contributed by atoms with Gasteiger partial charge in [0.2, 0.25) is 0 Å². The Balaban J connectivity index is 1.65. The Bertz CT molecular complexity index is 589. The van der Waals surface area contributed by atoms with Gasteiger partial charge in [-0.3, -0.25) is 0 Å². The van der Waals surface area contributed by atoms with Crippen LogP contribution in [0.3, 0.4) is 0 Å². The number of benzene rings is 1. The lowest BCUT2D eigenvalue weighted by atomic mass is 9.92. The topological polar surface area (TPSA) is 12.0 Å². The Hall–Kier alpha value is -1.12. The van der Waals surface area contributed by atoms with Crippen molar-refractivity contribution in [3.05, 3.63) is 57.8 Å². The van der Waals surface area contributed by atoms with Crippen molar-refractivity contribution in [3.8, 4) is 0 Å². The molecule has 1 nitrogen and oxygen atoms in total. The summed E-state index contributed by atoms with van der Waals surface area (Å²) in [5, 5.41) is 5.95. The van der Waals surface area contributed by atoms with Crippen molar-refractivity contribution in [1.82, 2.24) is 5.32 Å². The molecule has 1 saturated carbocycles. The van der Waals surface area contributed by atoms with Gasteiger partial charge in [0.25, 0.3) is 0 Å². The molecule has 2 aliphatic rings. The minimum Gasteiger partial charge on any atom is -0.309 e. The largest absolute Gasteiger partial charge is 0.309 e. The monoisotopic (exact) mass is 283 g/mol. The second-order valence-electron chi connectivity index (χ2n) is 6.06. The predicted octanol–water partition coefficient (Wildman–Crippen LogP) is 4.37. The SMILES string of the molecule is CCNC(c1cccs1)C1C2CCc3ccccc3C21. The highest BCUT2D eigenvalue weighted by Crippen LogP contribution is 2.64. The van der Waals surface area contributed by atoms with E-state index >= 15 is 0 Å². The first-order valence-electron chi connectivity index (χ1n) is 7.74. The molecule has 1 N–H and O–H groups in total. The summed E-state index contributed by atoms with van der Waals surface area (Å²) in [7, 11) is 0. The number of nitrogens with one attached hydrogen (secondary N) is 1. The number of aryl methyl sites for hydroxylation is 1. The Morgan fingerprint density at radius 1 is 1.25 bits per heavy atom. The van der Waals surface area contributed by atoms with Crippen LogP contribution >= 0.6 is 11.3 Å². The van der Waals surface area contributed by atoms with Crippen LogP contribution in [-0.2, 0) is 6.42 Å². The number of fused-ring (bicyclic) bond motifs is 3. The highest BCUT2D eigenvalue weighted by molar-refractivity contribution is 7.10. The fourth-order valence-electron chi connectivity index (χ4n) is 4.19. The van der Waals surface area contributed by atoms with E-state index < -0.39 is 0 Å². The molecule has 2 aromatic rings. The zero-order valence-corrected chi connectivity index (χ0v) is 12.7. The molecule has 4 atom stereocenters. The first-order valence-corrected chi connectivity index (χ1v) is 8.62. The molecule has 1 heterocycles. The normalized spacial score (nSPS) is 28.6. The molecular formula is C18H21NS. The van der Waals surface area contributed by atoms with E-state index in [1.807, 2.05) is 11.3 Å². The van der Waals surface area contributed by atoms with Gasteiger partial charge in [-0.05, 0) is 59.7 Å². The van der Waals surface area contributed by atoms with Crippen molar-refractivity contribution >= 4 is 11.3 Å². The van der Waals surface area contributed by atoms with E-state index in [-0.39, 0.29) is 0 Å². The average molecular weight is 283 g/mol. The number of hydrogen-bond donors (Lipinski definition) is 1. The Morgan fingerprint density at radius 2 is 2.15 bits per heavy atom. The summed E-state index contributed by atoms with van der Waals surface area (Å²) in [5.74, 6) is 2.50. The van der Waals surface area contributed by atoms with Crippen LogP contribution in [0.4, 0.5) is 0 Å². The fourth-order valence-corrected chi connectivity index (χ4v) is 5.05. The molecule has 1 aromatic carbocycles. The maximum Gasteiger partial charge on any atom is 0.0452 e. The van der Waals surface area contributed by atoms with Crippen molar-refractivity contribution in [2.75, 3.05) is 6.54 Å². The quantitative estimate of drug-likeness (QED) is 0.878. The summed E-state index contributed by atoms with van der Waals surface area (Å²) >= 11 is 1.90. The number of hydrogen-bond acceptors (Lipinski definition) is 2. The molecule has 4 unspecified atom stereocenters. The average Bonchev–Trinajstić information content (AvgIpc) is 2.96. The van der Waals surface area contributed by atoms with Crippen LogP contribution in [0.5, 0.6) is 0 Å². The highest BCUT2D eigenvalue weighted by atomic mass is 32.1. The summed E-state index contributed by atoms with van der Waals surface area (Å²) in [6.45, 7) is 3.28. The van der Waals surface area contributed by atoms with Crippen molar-refractivity contribution < 1.29 is 0 Å². The highest BCUT2D eigenvalue weighted by Gasteiger charge is 2.56. The summed E-state index contributed by atoms with van der Waals surface area (Å²) in [5.41, 5.74) is 3.23. The predicted molar refractivity (Wildman–Crippen MR) is 85.2 cm³/mol. The van der Waals surface area contributed by atoms with Crippen LogP contribution in [0.1, 0.15) is 41.3 Å². The maximum atomic E-state index is 3.74. The van der Waals surface area contributed by atoms with Crippen molar-refractivity contribution in [1.29, 1.82) is 0 Å². The lowest BCUT2D eigenvalue weighted by Crippen LogP contribution is -2.22. The van der Waals surface area contributed by atoms with Gasteiger partial charge in [-0.2, -0.15) is 0 Å². The van der Waals surface area contributed by atoms with Crippen LogP contribution < -0.4 is 5.32 Å². The molecule has 0 radical (unpaired) electrons. The van der Waals surface area contributed by atoms with Gasteiger partial charge in [-0.15, -0.1) is 11.3 Å². The second kappa shape index (κ2) is 5.01. The second-order valence-corrected chi connectivity index (χ2v) is 7.03. The van der Waals surface area contributed by atoms with Gasteiger partial charge >= 0.3 is 0 Å². The Kier molecular flexibility index (Phi) is 3.16. The maximum absolute atomic E-state index is 3.74. The van der Waals surface area contributed by atoms with E-state index in [1.165, 1.54) is 17.7 Å². The third-order valence-corrected chi connectivity index (χ3v) is 6.00. The van der Waals surface area contributed by atoms with Gasteiger partial charge in [0, 0.05) is 10.9 Å². The van der Waals surface area contributed by atoms with E-state index in [9.17, 15) is 0 Å². The fraction of sp³-hybridized carbons (Fsp3) is 0.444. The van der Waals surface area contributed by atoms with Crippen LogP contribution in [0, 0.1) is 11.8 Å². The molecule has 104 valence electrons. The lowest BCUT2D eigenvalue weighted by molar-refractivity contribution is 0.467. The zero-order chi connectivity index (χ0) is 13.5. The standard InChI is InChI=1S/C18H21NS/c1-2-19-18(15-8-5-11-20-15)17-14-10-9-12-6-3-4-7-13(12)16(14)17/h3-8,11,14,16-19H,2,9-10H2,1H3. The molecule has 0 spiro atoms. The molecule has 1 fully saturated rings. The van der Waals surface area contributed by atoms with E-state index in [1.54, 1.807) is 11.1 Å². The van der Waals surface area contributed by atoms with Crippen LogP contribution in [0.2, 0.25) is 0 Å². The van der Waals surface area contributed by atoms with E-state index in [4.69, 9.17) is 0 Å². The zero-order valence-electron chi connectivity index (χ0n) is 11.9. The van der Waals surface area contributed by atoms with Crippen molar-refractivity contribution in [3.63, 3.8) is 0 Å². The number of thiophene rings is 1. The lowest BCUT2D eigenvalue weighted by Gasteiger charge is -2.17. The minimum absolute atomic E-state index is 0.557. The molecule has 1 aromatic heterocycles. The molecule has 0 aliphatic heterocycles. The van der Waals surface area contributed by atoms with Gasteiger partial charge in [0.1, 0.15) is 0 Å². The van der Waals surface area contributed by atoms with E-state index in [2.05, 4.69) is 54.0 Å².